The zero-order chi connectivity index (χ0) is 10.7. The third-order valence-corrected chi connectivity index (χ3v) is 3.19. The predicted octanol–water partition coefficient (Wildman–Crippen LogP) is 3.10. The van der Waals surface area contributed by atoms with Gasteiger partial charge in [-0.25, -0.2) is 0 Å². The monoisotopic (exact) mass is 202 g/mol. The summed E-state index contributed by atoms with van der Waals surface area (Å²) in [6, 6.07) is 6.78. The summed E-state index contributed by atoms with van der Waals surface area (Å²) >= 11 is 0. The van der Waals surface area contributed by atoms with Gasteiger partial charge < -0.3 is 0 Å². The Labute approximate surface area is 93.1 Å². The molecule has 1 heteroatoms. The Bertz CT molecular complexity index is 324. The van der Waals surface area contributed by atoms with E-state index in [2.05, 4.69) is 43.4 Å². The lowest BCUT2D eigenvalue weighted by Crippen LogP contribution is -2.29. The molecule has 15 heavy (non-hydrogen) atoms. The zero-order valence-corrected chi connectivity index (χ0v) is 9.79. The molecule has 1 aliphatic rings. The van der Waals surface area contributed by atoms with E-state index in [1.165, 1.54) is 42.6 Å². The highest BCUT2D eigenvalue weighted by molar-refractivity contribution is 5.30. The molecule has 1 aromatic carbocycles. The summed E-state index contributed by atoms with van der Waals surface area (Å²) in [5, 5.41) is 0. The molecule has 1 radical (unpaired) electrons. The van der Waals surface area contributed by atoms with Gasteiger partial charge >= 0.3 is 0 Å². The van der Waals surface area contributed by atoms with Gasteiger partial charge in [0.25, 0.3) is 0 Å². The number of benzene rings is 1. The van der Waals surface area contributed by atoms with Gasteiger partial charge in [0.1, 0.15) is 0 Å². The highest BCUT2D eigenvalue weighted by atomic mass is 15.1. The quantitative estimate of drug-likeness (QED) is 0.712. The smallest absolute Gasteiger partial charge is 0.0236 e. The van der Waals surface area contributed by atoms with Crippen LogP contribution in [-0.2, 0) is 6.54 Å². The summed E-state index contributed by atoms with van der Waals surface area (Å²) in [6.45, 7) is 7.96. The fourth-order valence-corrected chi connectivity index (χ4v) is 2.23. The molecule has 0 atom stereocenters. The Hall–Kier alpha value is -0.820. The van der Waals surface area contributed by atoms with Crippen LogP contribution in [0.3, 0.4) is 0 Å². The minimum absolute atomic E-state index is 1.12. The Morgan fingerprint density at radius 1 is 1.13 bits per heavy atom. The van der Waals surface area contributed by atoms with Gasteiger partial charge in [0, 0.05) is 6.54 Å². The predicted molar refractivity (Wildman–Crippen MR) is 64.7 cm³/mol. The number of rotatable bonds is 2. The van der Waals surface area contributed by atoms with Gasteiger partial charge in [0.05, 0.1) is 0 Å². The van der Waals surface area contributed by atoms with Crippen molar-refractivity contribution in [2.45, 2.75) is 33.2 Å². The van der Waals surface area contributed by atoms with Crippen LogP contribution in [0.5, 0.6) is 0 Å². The van der Waals surface area contributed by atoms with Crippen molar-refractivity contribution in [3.8, 4) is 0 Å². The molecule has 1 aliphatic heterocycles. The molecule has 0 aliphatic carbocycles. The highest BCUT2D eigenvalue weighted by Crippen LogP contribution is 2.16. The summed E-state index contributed by atoms with van der Waals surface area (Å²) < 4.78 is 0. The molecule has 1 saturated heterocycles. The van der Waals surface area contributed by atoms with E-state index in [4.69, 9.17) is 0 Å². The first-order valence-electron chi connectivity index (χ1n) is 5.86. The maximum Gasteiger partial charge on any atom is 0.0236 e. The minimum atomic E-state index is 1.12. The molecule has 0 unspecified atom stereocenters. The first kappa shape index (κ1) is 10.7. The van der Waals surface area contributed by atoms with Crippen molar-refractivity contribution < 1.29 is 0 Å². The van der Waals surface area contributed by atoms with E-state index in [1.807, 2.05) is 0 Å². The van der Waals surface area contributed by atoms with Crippen molar-refractivity contribution in [3.05, 3.63) is 41.3 Å². The molecule has 81 valence electrons. The van der Waals surface area contributed by atoms with Crippen LogP contribution in [0.2, 0.25) is 0 Å². The molecule has 0 bridgehead atoms. The van der Waals surface area contributed by atoms with Crippen molar-refractivity contribution in [1.82, 2.24) is 4.90 Å². The van der Waals surface area contributed by atoms with Gasteiger partial charge in [-0.3, -0.25) is 4.90 Å². The van der Waals surface area contributed by atoms with Crippen LogP contribution in [0.15, 0.2) is 18.2 Å². The molecule has 0 amide bonds. The summed E-state index contributed by atoms with van der Waals surface area (Å²) in [7, 11) is 0. The van der Waals surface area contributed by atoms with Gasteiger partial charge in [-0.1, -0.05) is 23.8 Å². The highest BCUT2D eigenvalue weighted by Gasteiger charge is 2.11. The molecule has 0 saturated carbocycles. The van der Waals surface area contributed by atoms with Crippen molar-refractivity contribution in [2.24, 2.45) is 0 Å². The van der Waals surface area contributed by atoms with Gasteiger partial charge in [-0.15, -0.1) is 0 Å². The van der Waals surface area contributed by atoms with Gasteiger partial charge in [0.15, 0.2) is 0 Å². The molecule has 0 aromatic heterocycles. The SMILES string of the molecule is Cc1ccc(CN2CC[CH]CC2)c(C)c1. The number of nitrogens with zero attached hydrogens (tertiary/aromatic N) is 1. The number of hydrogen-bond donors (Lipinski definition) is 0. The molecule has 2 rings (SSSR count). The number of likely N-dealkylation sites (tertiary alicyclic amines) is 1. The van der Waals surface area contributed by atoms with E-state index < -0.39 is 0 Å². The third kappa shape index (κ3) is 2.82. The second kappa shape index (κ2) is 4.80. The summed E-state index contributed by atoms with van der Waals surface area (Å²) in [6.07, 6.45) is 4.91. The summed E-state index contributed by atoms with van der Waals surface area (Å²) in [4.78, 5) is 2.55. The van der Waals surface area contributed by atoms with Crippen LogP contribution in [-0.4, -0.2) is 18.0 Å². The van der Waals surface area contributed by atoms with Gasteiger partial charge in [0.2, 0.25) is 0 Å². The number of aryl methyl sites for hydroxylation is 2. The lowest BCUT2D eigenvalue weighted by molar-refractivity contribution is 0.245. The van der Waals surface area contributed by atoms with Crippen LogP contribution in [0.4, 0.5) is 0 Å². The maximum atomic E-state index is 2.55. The van der Waals surface area contributed by atoms with Crippen LogP contribution in [0.1, 0.15) is 29.5 Å². The summed E-state index contributed by atoms with van der Waals surface area (Å²) in [5.74, 6) is 0. The first-order chi connectivity index (χ1) is 7.25. The zero-order valence-electron chi connectivity index (χ0n) is 9.79. The average Bonchev–Trinajstić information content (AvgIpc) is 2.24. The largest absolute Gasteiger partial charge is 0.299 e. The number of hydrogen-bond acceptors (Lipinski definition) is 1. The molecular weight excluding hydrogens is 182 g/mol. The number of piperidine rings is 1. The third-order valence-electron chi connectivity index (χ3n) is 3.19. The van der Waals surface area contributed by atoms with E-state index >= 15 is 0 Å². The lowest BCUT2D eigenvalue weighted by Gasteiger charge is -2.26. The lowest BCUT2D eigenvalue weighted by atomic mass is 10.0. The minimum Gasteiger partial charge on any atom is -0.299 e. The molecule has 1 aromatic rings. The van der Waals surface area contributed by atoms with Crippen LogP contribution in [0, 0.1) is 20.3 Å². The van der Waals surface area contributed by atoms with E-state index in [0.717, 1.165) is 6.54 Å². The van der Waals surface area contributed by atoms with E-state index in [0.29, 0.717) is 0 Å². The average molecular weight is 202 g/mol. The molecule has 1 heterocycles. The Morgan fingerprint density at radius 3 is 2.53 bits per heavy atom. The van der Waals surface area contributed by atoms with Crippen molar-refractivity contribution >= 4 is 0 Å². The fourth-order valence-electron chi connectivity index (χ4n) is 2.23. The molecule has 1 fully saturated rings. The fraction of sp³-hybridized carbons (Fsp3) is 0.500. The van der Waals surface area contributed by atoms with Gasteiger partial charge in [-0.05, 0) is 57.3 Å². The van der Waals surface area contributed by atoms with Crippen molar-refractivity contribution in [3.63, 3.8) is 0 Å². The first-order valence-corrected chi connectivity index (χ1v) is 5.86. The molecule has 0 N–H and O–H groups in total. The second-order valence-electron chi connectivity index (χ2n) is 4.57. The normalized spacial score (nSPS) is 18.0. The Kier molecular flexibility index (Phi) is 3.42. The van der Waals surface area contributed by atoms with E-state index in [-0.39, 0.29) is 0 Å². The van der Waals surface area contributed by atoms with Crippen molar-refractivity contribution in [2.75, 3.05) is 13.1 Å². The molecule has 0 spiro atoms. The Morgan fingerprint density at radius 2 is 1.87 bits per heavy atom. The topological polar surface area (TPSA) is 3.24 Å². The molecule has 1 nitrogen and oxygen atoms in total. The van der Waals surface area contributed by atoms with Crippen molar-refractivity contribution in [1.29, 1.82) is 0 Å². The van der Waals surface area contributed by atoms with Gasteiger partial charge in [-0.2, -0.15) is 0 Å². The van der Waals surface area contributed by atoms with Crippen LogP contribution >= 0.6 is 0 Å². The maximum absolute atomic E-state index is 2.55. The Balaban J connectivity index is 2.03. The van der Waals surface area contributed by atoms with Crippen LogP contribution in [0.25, 0.3) is 0 Å². The molecular formula is C14H20N. The van der Waals surface area contributed by atoms with E-state index in [1.54, 1.807) is 0 Å². The van der Waals surface area contributed by atoms with Crippen LogP contribution < -0.4 is 0 Å². The summed E-state index contributed by atoms with van der Waals surface area (Å²) in [5.41, 5.74) is 4.29. The standard InChI is InChI=1S/C14H20N/c1-12-6-7-14(13(2)10-12)11-15-8-4-3-5-9-15/h3,6-7,10H,4-5,8-9,11H2,1-2H3. The second-order valence-corrected chi connectivity index (χ2v) is 4.57. The van der Waals surface area contributed by atoms with E-state index in [9.17, 15) is 0 Å².